The number of carbonyl (C=O) groups is 1. The van der Waals surface area contributed by atoms with Gasteiger partial charge in [-0.2, -0.15) is 0 Å². The van der Waals surface area contributed by atoms with Crippen LogP contribution in [0.3, 0.4) is 0 Å². The van der Waals surface area contributed by atoms with Crippen molar-refractivity contribution in [3.8, 4) is 11.5 Å². The zero-order valence-corrected chi connectivity index (χ0v) is 17.1. The number of Topliss-reactive ketones (excluding diaryl/α,β-unsaturated/α-hetero) is 1. The molecule has 2 aliphatic carbocycles. The Balaban J connectivity index is 1.59. The van der Waals surface area contributed by atoms with Crippen LogP contribution in [0.15, 0.2) is 53.5 Å². The van der Waals surface area contributed by atoms with E-state index in [1.54, 1.807) is 7.11 Å². The van der Waals surface area contributed by atoms with Crippen LogP contribution in [0.1, 0.15) is 50.5 Å². The fourth-order valence-corrected chi connectivity index (χ4v) is 4.37. The summed E-state index contributed by atoms with van der Waals surface area (Å²) in [6.07, 6.45) is 8.00. The van der Waals surface area contributed by atoms with Crippen molar-refractivity contribution in [2.75, 3.05) is 7.11 Å². The Kier molecular flexibility index (Phi) is 6.28. The predicted molar refractivity (Wildman–Crippen MR) is 115 cm³/mol. The number of hydrogen-bond acceptors (Lipinski definition) is 4. The van der Waals surface area contributed by atoms with Crippen LogP contribution >= 0.6 is 0 Å². The number of benzene rings is 2. The number of hydrogen-bond donors (Lipinski definition) is 0. The molecule has 0 aliphatic heterocycles. The van der Waals surface area contributed by atoms with Crippen molar-refractivity contribution >= 4 is 17.2 Å². The van der Waals surface area contributed by atoms with Crippen molar-refractivity contribution in [2.24, 2.45) is 10.9 Å². The van der Waals surface area contributed by atoms with Crippen molar-refractivity contribution < 1.29 is 14.3 Å². The first kappa shape index (κ1) is 19.7. The lowest BCUT2D eigenvalue weighted by molar-refractivity contribution is -0.121. The van der Waals surface area contributed by atoms with Crippen LogP contribution in [0.25, 0.3) is 0 Å². The van der Waals surface area contributed by atoms with Crippen molar-refractivity contribution in [1.82, 2.24) is 0 Å². The number of methoxy groups -OCH3 is 1. The molecule has 0 spiro atoms. The molecule has 29 heavy (non-hydrogen) atoms. The van der Waals surface area contributed by atoms with Crippen LogP contribution in [0.4, 0.5) is 5.69 Å². The van der Waals surface area contributed by atoms with Crippen LogP contribution in [-0.4, -0.2) is 24.7 Å². The summed E-state index contributed by atoms with van der Waals surface area (Å²) in [5.41, 5.74) is 3.00. The molecule has 0 amide bonds. The fourth-order valence-electron chi connectivity index (χ4n) is 4.37. The lowest BCUT2D eigenvalue weighted by Crippen LogP contribution is -2.30. The highest BCUT2D eigenvalue weighted by atomic mass is 16.5. The first-order valence-corrected chi connectivity index (χ1v) is 10.7. The molecule has 2 saturated carbocycles. The maximum absolute atomic E-state index is 12.7. The van der Waals surface area contributed by atoms with Gasteiger partial charge in [-0.05, 0) is 62.6 Å². The minimum absolute atomic E-state index is 0.132. The molecule has 0 heterocycles. The van der Waals surface area contributed by atoms with Crippen molar-refractivity contribution in [3.05, 3.63) is 54.1 Å². The van der Waals surface area contributed by atoms with E-state index in [1.165, 1.54) is 18.4 Å². The van der Waals surface area contributed by atoms with Gasteiger partial charge in [-0.15, -0.1) is 0 Å². The molecular weight excluding hydrogens is 362 g/mol. The monoisotopic (exact) mass is 391 g/mol. The van der Waals surface area contributed by atoms with Gasteiger partial charge < -0.3 is 9.47 Å². The molecule has 2 fully saturated rings. The summed E-state index contributed by atoms with van der Waals surface area (Å²) in [4.78, 5) is 17.6. The third-order valence-corrected chi connectivity index (χ3v) is 5.95. The summed E-state index contributed by atoms with van der Waals surface area (Å²) in [5.74, 6) is 1.66. The summed E-state index contributed by atoms with van der Waals surface area (Å²) in [5, 5.41) is 0. The third-order valence-electron chi connectivity index (χ3n) is 5.95. The second-order valence-corrected chi connectivity index (χ2v) is 8.02. The topological polar surface area (TPSA) is 47.9 Å². The molecule has 0 radical (unpaired) electrons. The summed E-state index contributed by atoms with van der Waals surface area (Å²) in [6, 6.07) is 16.0. The zero-order valence-electron chi connectivity index (χ0n) is 17.1. The van der Waals surface area contributed by atoms with E-state index in [2.05, 4.69) is 12.1 Å². The van der Waals surface area contributed by atoms with Gasteiger partial charge in [-0.25, -0.2) is 0 Å². The molecule has 0 N–H and O–H groups in total. The fraction of sp³-hybridized carbons (Fsp3) is 0.440. The van der Waals surface area contributed by atoms with Crippen molar-refractivity contribution in [1.29, 1.82) is 0 Å². The lowest BCUT2D eigenvalue weighted by atomic mass is 9.82. The molecule has 1 unspecified atom stereocenters. The molecule has 4 heteroatoms. The Morgan fingerprint density at radius 1 is 0.966 bits per heavy atom. The SMILES string of the molecule is COc1ccc(N=C2CCCC(=O)C2Cc2ccccc2)cc1OC1CCCC1. The molecule has 0 aromatic heterocycles. The van der Waals surface area contributed by atoms with Gasteiger partial charge in [0.15, 0.2) is 11.5 Å². The third kappa shape index (κ3) is 4.87. The molecule has 4 rings (SSSR count). The molecule has 0 bridgehead atoms. The first-order valence-electron chi connectivity index (χ1n) is 10.7. The van der Waals surface area contributed by atoms with Crippen LogP contribution in [0, 0.1) is 5.92 Å². The van der Waals surface area contributed by atoms with E-state index in [0.717, 1.165) is 55.0 Å². The second kappa shape index (κ2) is 9.25. The van der Waals surface area contributed by atoms with Crippen molar-refractivity contribution in [2.45, 2.75) is 57.5 Å². The Hall–Kier alpha value is -2.62. The largest absolute Gasteiger partial charge is 0.493 e. The van der Waals surface area contributed by atoms with Crippen LogP contribution < -0.4 is 9.47 Å². The van der Waals surface area contributed by atoms with E-state index in [9.17, 15) is 4.79 Å². The average Bonchev–Trinajstić information content (AvgIpc) is 3.25. The minimum Gasteiger partial charge on any atom is -0.493 e. The van der Waals surface area contributed by atoms with Gasteiger partial charge in [0.1, 0.15) is 5.78 Å². The van der Waals surface area contributed by atoms with Crippen LogP contribution in [-0.2, 0) is 11.2 Å². The number of ether oxygens (including phenoxy) is 2. The van der Waals surface area contributed by atoms with Gasteiger partial charge in [0, 0.05) is 18.2 Å². The standard InChI is InChI=1S/C25H29NO3/c1-28-24-15-14-19(17-25(24)29-20-10-5-6-11-20)26-22-12-7-13-23(27)21(22)16-18-8-3-2-4-9-18/h2-4,8-9,14-15,17,20-21H,5-7,10-13,16H2,1H3. The first-order chi connectivity index (χ1) is 14.2. The molecule has 152 valence electrons. The highest BCUT2D eigenvalue weighted by Crippen LogP contribution is 2.35. The summed E-state index contributed by atoms with van der Waals surface area (Å²) < 4.78 is 11.7. The highest BCUT2D eigenvalue weighted by molar-refractivity contribution is 6.08. The number of ketones is 1. The Morgan fingerprint density at radius 2 is 1.76 bits per heavy atom. The van der Waals surface area contributed by atoms with Crippen LogP contribution in [0.2, 0.25) is 0 Å². The zero-order chi connectivity index (χ0) is 20.1. The van der Waals surface area contributed by atoms with Gasteiger partial charge in [0.25, 0.3) is 0 Å². The van der Waals surface area contributed by atoms with Crippen molar-refractivity contribution in [3.63, 3.8) is 0 Å². The smallest absolute Gasteiger partial charge is 0.163 e. The minimum atomic E-state index is -0.132. The molecule has 4 nitrogen and oxygen atoms in total. The van der Waals surface area contributed by atoms with E-state index in [-0.39, 0.29) is 12.0 Å². The van der Waals surface area contributed by atoms with E-state index >= 15 is 0 Å². The van der Waals surface area contributed by atoms with Gasteiger partial charge in [-0.3, -0.25) is 9.79 Å². The van der Waals surface area contributed by atoms with Gasteiger partial charge >= 0.3 is 0 Å². The molecular formula is C25H29NO3. The van der Waals surface area contributed by atoms with Gasteiger partial charge in [-0.1, -0.05) is 30.3 Å². The molecule has 2 aromatic carbocycles. The van der Waals surface area contributed by atoms with E-state index in [1.807, 2.05) is 36.4 Å². The quantitative estimate of drug-likeness (QED) is 0.634. The van der Waals surface area contributed by atoms with E-state index in [4.69, 9.17) is 14.5 Å². The molecule has 0 saturated heterocycles. The number of carbonyl (C=O) groups excluding carboxylic acids is 1. The van der Waals surface area contributed by atoms with E-state index in [0.29, 0.717) is 12.2 Å². The lowest BCUT2D eigenvalue weighted by Gasteiger charge is -2.23. The Labute approximate surface area is 173 Å². The Bertz CT molecular complexity index is 869. The molecule has 2 aromatic rings. The highest BCUT2D eigenvalue weighted by Gasteiger charge is 2.28. The molecule has 2 aliphatic rings. The van der Waals surface area contributed by atoms with E-state index < -0.39 is 0 Å². The summed E-state index contributed by atoms with van der Waals surface area (Å²) >= 11 is 0. The average molecular weight is 392 g/mol. The second-order valence-electron chi connectivity index (χ2n) is 8.02. The maximum atomic E-state index is 12.7. The Morgan fingerprint density at radius 3 is 2.52 bits per heavy atom. The summed E-state index contributed by atoms with van der Waals surface area (Å²) in [6.45, 7) is 0. The maximum Gasteiger partial charge on any atom is 0.163 e. The van der Waals surface area contributed by atoms with Crippen LogP contribution in [0.5, 0.6) is 11.5 Å². The molecule has 1 atom stereocenters. The normalized spacial score (nSPS) is 21.5. The van der Waals surface area contributed by atoms with Gasteiger partial charge in [0.2, 0.25) is 0 Å². The number of rotatable bonds is 6. The predicted octanol–water partition coefficient (Wildman–Crippen LogP) is 5.70. The number of nitrogens with zero attached hydrogens (tertiary/aromatic N) is 1. The summed E-state index contributed by atoms with van der Waals surface area (Å²) in [7, 11) is 1.66. The number of aliphatic imine (C=N–C) groups is 1. The van der Waals surface area contributed by atoms with Gasteiger partial charge in [0.05, 0.1) is 24.8 Å².